The fourth-order valence-electron chi connectivity index (χ4n) is 2.19. The van der Waals surface area contributed by atoms with Gasteiger partial charge in [0.15, 0.2) is 21.4 Å². The SMILES string of the molecule is Cc1ccc(S(C)(=O)=O)cc1C(=O)NCCCOc1ccccc1F. The highest BCUT2D eigenvalue weighted by Crippen LogP contribution is 2.16. The van der Waals surface area contributed by atoms with E-state index in [1.54, 1.807) is 25.1 Å². The van der Waals surface area contributed by atoms with Crippen LogP contribution in [0.3, 0.4) is 0 Å². The number of rotatable bonds is 7. The van der Waals surface area contributed by atoms with E-state index < -0.39 is 15.7 Å². The van der Waals surface area contributed by atoms with Crippen molar-refractivity contribution >= 4 is 15.7 Å². The van der Waals surface area contributed by atoms with Crippen LogP contribution >= 0.6 is 0 Å². The van der Waals surface area contributed by atoms with Crippen LogP contribution in [-0.2, 0) is 9.84 Å². The van der Waals surface area contributed by atoms with Crippen molar-refractivity contribution in [2.45, 2.75) is 18.2 Å². The minimum Gasteiger partial charge on any atom is -0.490 e. The van der Waals surface area contributed by atoms with E-state index in [0.717, 1.165) is 6.26 Å². The number of ether oxygens (including phenoxy) is 1. The summed E-state index contributed by atoms with van der Waals surface area (Å²) in [5.74, 6) is -0.612. The number of halogens is 1. The molecule has 0 radical (unpaired) electrons. The first-order valence-corrected chi connectivity index (χ1v) is 9.64. The normalized spacial score (nSPS) is 11.2. The van der Waals surface area contributed by atoms with E-state index in [4.69, 9.17) is 4.74 Å². The third kappa shape index (κ3) is 5.29. The summed E-state index contributed by atoms with van der Waals surface area (Å²) in [6, 6.07) is 10.6. The number of hydrogen-bond donors (Lipinski definition) is 1. The molecule has 0 aliphatic heterocycles. The number of carbonyl (C=O) groups excluding carboxylic acids is 1. The second kappa shape index (κ2) is 8.11. The third-order valence-corrected chi connectivity index (χ3v) is 4.69. The smallest absolute Gasteiger partial charge is 0.251 e. The summed E-state index contributed by atoms with van der Waals surface area (Å²) < 4.78 is 41.9. The predicted molar refractivity (Wildman–Crippen MR) is 93.1 cm³/mol. The molecule has 25 heavy (non-hydrogen) atoms. The Labute approximate surface area is 146 Å². The Morgan fingerprint density at radius 2 is 1.92 bits per heavy atom. The van der Waals surface area contributed by atoms with Gasteiger partial charge in [0.2, 0.25) is 0 Å². The average Bonchev–Trinajstić information content (AvgIpc) is 2.55. The van der Waals surface area contributed by atoms with Gasteiger partial charge in [0.25, 0.3) is 5.91 Å². The van der Waals surface area contributed by atoms with Gasteiger partial charge in [-0.05, 0) is 43.2 Å². The molecule has 0 bridgehead atoms. The Morgan fingerprint density at radius 1 is 1.20 bits per heavy atom. The van der Waals surface area contributed by atoms with E-state index >= 15 is 0 Å². The van der Waals surface area contributed by atoms with Crippen molar-refractivity contribution in [2.75, 3.05) is 19.4 Å². The van der Waals surface area contributed by atoms with Crippen LogP contribution in [0, 0.1) is 12.7 Å². The number of para-hydroxylation sites is 1. The van der Waals surface area contributed by atoms with Gasteiger partial charge in [0.1, 0.15) is 0 Å². The highest BCUT2D eigenvalue weighted by Gasteiger charge is 2.14. The number of sulfone groups is 1. The number of carbonyl (C=O) groups is 1. The summed E-state index contributed by atoms with van der Waals surface area (Å²) in [5.41, 5.74) is 1.01. The van der Waals surface area contributed by atoms with E-state index in [1.807, 2.05) is 0 Å². The van der Waals surface area contributed by atoms with Crippen molar-refractivity contribution in [2.24, 2.45) is 0 Å². The lowest BCUT2D eigenvalue weighted by Gasteiger charge is -2.10. The molecular formula is C18H20FNO4S. The fourth-order valence-corrected chi connectivity index (χ4v) is 2.84. The summed E-state index contributed by atoms with van der Waals surface area (Å²) >= 11 is 0. The van der Waals surface area contributed by atoms with Gasteiger partial charge in [-0.3, -0.25) is 4.79 Å². The van der Waals surface area contributed by atoms with Gasteiger partial charge in [0, 0.05) is 18.4 Å². The number of benzene rings is 2. The molecule has 0 saturated carbocycles. The molecule has 0 unspecified atom stereocenters. The molecule has 0 atom stereocenters. The molecule has 0 aliphatic rings. The second-order valence-electron chi connectivity index (χ2n) is 5.64. The summed E-state index contributed by atoms with van der Waals surface area (Å²) in [6.45, 7) is 2.32. The van der Waals surface area contributed by atoms with Gasteiger partial charge in [-0.1, -0.05) is 18.2 Å². The largest absolute Gasteiger partial charge is 0.490 e. The second-order valence-corrected chi connectivity index (χ2v) is 7.65. The molecule has 0 spiro atoms. The number of amides is 1. The molecule has 0 heterocycles. The van der Waals surface area contributed by atoms with Crippen LogP contribution < -0.4 is 10.1 Å². The van der Waals surface area contributed by atoms with E-state index in [1.165, 1.54) is 24.3 Å². The zero-order valence-electron chi connectivity index (χ0n) is 14.1. The third-order valence-electron chi connectivity index (χ3n) is 3.58. The van der Waals surface area contributed by atoms with Crippen LogP contribution in [0.4, 0.5) is 4.39 Å². The maximum Gasteiger partial charge on any atom is 0.251 e. The quantitative estimate of drug-likeness (QED) is 0.766. The Morgan fingerprint density at radius 3 is 2.60 bits per heavy atom. The minimum atomic E-state index is -3.37. The number of aryl methyl sites for hydroxylation is 1. The first-order valence-electron chi connectivity index (χ1n) is 7.75. The fraction of sp³-hybridized carbons (Fsp3) is 0.278. The molecule has 2 aromatic rings. The number of nitrogens with one attached hydrogen (secondary N) is 1. The molecule has 1 amide bonds. The van der Waals surface area contributed by atoms with Gasteiger partial charge < -0.3 is 10.1 Å². The van der Waals surface area contributed by atoms with E-state index in [9.17, 15) is 17.6 Å². The van der Waals surface area contributed by atoms with Crippen LogP contribution in [0.15, 0.2) is 47.4 Å². The van der Waals surface area contributed by atoms with Gasteiger partial charge in [-0.15, -0.1) is 0 Å². The molecule has 1 N–H and O–H groups in total. The molecule has 2 rings (SSSR count). The summed E-state index contributed by atoms with van der Waals surface area (Å²) in [5, 5.41) is 2.71. The lowest BCUT2D eigenvalue weighted by atomic mass is 10.1. The molecule has 2 aromatic carbocycles. The maximum absolute atomic E-state index is 13.4. The summed E-state index contributed by atoms with van der Waals surface area (Å²) in [6.07, 6.45) is 1.59. The van der Waals surface area contributed by atoms with Gasteiger partial charge >= 0.3 is 0 Å². The first-order chi connectivity index (χ1) is 11.8. The highest BCUT2D eigenvalue weighted by molar-refractivity contribution is 7.90. The average molecular weight is 365 g/mol. The van der Waals surface area contributed by atoms with Crippen LogP contribution in [0.2, 0.25) is 0 Å². The van der Waals surface area contributed by atoms with E-state index in [-0.39, 0.29) is 23.2 Å². The van der Waals surface area contributed by atoms with Crippen molar-refractivity contribution in [3.8, 4) is 5.75 Å². The lowest BCUT2D eigenvalue weighted by Crippen LogP contribution is -2.26. The van der Waals surface area contributed by atoms with Crippen molar-refractivity contribution in [3.63, 3.8) is 0 Å². The Bertz CT molecular complexity index is 865. The van der Waals surface area contributed by atoms with Crippen LogP contribution in [0.5, 0.6) is 5.75 Å². The zero-order chi connectivity index (χ0) is 18.4. The molecule has 0 aromatic heterocycles. The first kappa shape index (κ1) is 18.9. The van der Waals surface area contributed by atoms with Crippen molar-refractivity contribution in [1.29, 1.82) is 0 Å². The van der Waals surface area contributed by atoms with Crippen LogP contribution in [0.1, 0.15) is 22.3 Å². The zero-order valence-corrected chi connectivity index (χ0v) is 14.9. The predicted octanol–water partition coefficient (Wildman–Crippen LogP) is 2.74. The molecule has 0 aliphatic carbocycles. The van der Waals surface area contributed by atoms with Gasteiger partial charge in [0.05, 0.1) is 11.5 Å². The van der Waals surface area contributed by atoms with Crippen LogP contribution in [-0.4, -0.2) is 33.7 Å². The standard InChI is InChI=1S/C18H20FNO4S/c1-13-8-9-14(25(2,22)23)12-15(13)18(21)20-10-5-11-24-17-7-4-3-6-16(17)19/h3-4,6-9,12H,5,10-11H2,1-2H3,(H,20,21). The molecule has 0 saturated heterocycles. The topological polar surface area (TPSA) is 72.5 Å². The summed E-state index contributed by atoms with van der Waals surface area (Å²) in [4.78, 5) is 12.3. The van der Waals surface area contributed by atoms with E-state index in [2.05, 4.69) is 5.32 Å². The summed E-state index contributed by atoms with van der Waals surface area (Å²) in [7, 11) is -3.37. The van der Waals surface area contributed by atoms with Crippen molar-refractivity contribution in [1.82, 2.24) is 5.32 Å². The van der Waals surface area contributed by atoms with Crippen molar-refractivity contribution in [3.05, 3.63) is 59.4 Å². The Kier molecular flexibility index (Phi) is 6.14. The lowest BCUT2D eigenvalue weighted by molar-refractivity contribution is 0.0950. The Balaban J connectivity index is 1.87. The Hall–Kier alpha value is -2.41. The molecule has 134 valence electrons. The highest BCUT2D eigenvalue weighted by atomic mass is 32.2. The van der Waals surface area contributed by atoms with Crippen LogP contribution in [0.25, 0.3) is 0 Å². The molecule has 0 fully saturated rings. The molecule has 5 nitrogen and oxygen atoms in total. The van der Waals surface area contributed by atoms with E-state index in [0.29, 0.717) is 24.1 Å². The van der Waals surface area contributed by atoms with Crippen molar-refractivity contribution < 1.29 is 22.3 Å². The minimum absolute atomic E-state index is 0.103. The monoisotopic (exact) mass is 365 g/mol. The molecular weight excluding hydrogens is 345 g/mol. The van der Waals surface area contributed by atoms with Gasteiger partial charge in [-0.25, -0.2) is 12.8 Å². The van der Waals surface area contributed by atoms with Gasteiger partial charge in [-0.2, -0.15) is 0 Å². The maximum atomic E-state index is 13.4. The molecule has 7 heteroatoms. The number of hydrogen-bond acceptors (Lipinski definition) is 4.